The van der Waals surface area contributed by atoms with Crippen LogP contribution in [-0.2, 0) is 0 Å². The molecule has 2 nitrogen and oxygen atoms in total. The Kier molecular flexibility index (Phi) is 4.14. The van der Waals surface area contributed by atoms with Crippen molar-refractivity contribution in [3.8, 4) is 0 Å². The van der Waals surface area contributed by atoms with E-state index >= 15 is 0 Å². The molecule has 0 radical (unpaired) electrons. The molecule has 2 fully saturated rings. The molecule has 3 atom stereocenters. The lowest BCUT2D eigenvalue weighted by Gasteiger charge is -2.24. The average Bonchev–Trinajstić information content (AvgIpc) is 2.63. The molecule has 1 aliphatic carbocycles. The van der Waals surface area contributed by atoms with E-state index in [-0.39, 0.29) is 6.10 Å². The van der Waals surface area contributed by atoms with Crippen molar-refractivity contribution in [2.75, 3.05) is 18.1 Å². The number of thioether (sulfide) groups is 1. The summed E-state index contributed by atoms with van der Waals surface area (Å²) in [6.45, 7) is 1.13. The van der Waals surface area contributed by atoms with E-state index in [2.05, 4.69) is 17.1 Å². The molecule has 0 amide bonds. The predicted octanol–water partition coefficient (Wildman–Crippen LogP) is 1.63. The monoisotopic (exact) mass is 215 g/mol. The Hall–Kier alpha value is 0.270. The van der Waals surface area contributed by atoms with Gasteiger partial charge in [0.2, 0.25) is 0 Å². The summed E-state index contributed by atoms with van der Waals surface area (Å²) in [4.78, 5) is 0. The van der Waals surface area contributed by atoms with Crippen molar-refractivity contribution in [1.82, 2.24) is 5.32 Å². The lowest BCUT2D eigenvalue weighted by molar-refractivity contribution is 0.177. The second-order valence-corrected chi connectivity index (χ2v) is 5.81. The standard InChI is InChI=1S/C11H21NOS/c13-11-4-3-9(6-11)7-12-10-2-1-5-14-8-10/h9-13H,1-8H2. The van der Waals surface area contributed by atoms with Gasteiger partial charge < -0.3 is 10.4 Å². The molecule has 0 spiro atoms. The van der Waals surface area contributed by atoms with Crippen LogP contribution in [0.3, 0.4) is 0 Å². The number of aliphatic hydroxyl groups excluding tert-OH is 1. The first kappa shape index (κ1) is 10.8. The zero-order chi connectivity index (χ0) is 9.80. The van der Waals surface area contributed by atoms with Crippen molar-refractivity contribution in [1.29, 1.82) is 0 Å². The SMILES string of the molecule is OC1CCC(CNC2CCCSC2)C1. The van der Waals surface area contributed by atoms with Gasteiger partial charge in [0, 0.05) is 11.8 Å². The first-order valence-electron chi connectivity index (χ1n) is 5.84. The Morgan fingerprint density at radius 1 is 1.29 bits per heavy atom. The third kappa shape index (κ3) is 3.14. The molecule has 0 bridgehead atoms. The molecule has 1 aliphatic heterocycles. The molecular formula is C11H21NOS. The number of hydrogen-bond acceptors (Lipinski definition) is 3. The summed E-state index contributed by atoms with van der Waals surface area (Å²) in [5, 5.41) is 13.1. The van der Waals surface area contributed by atoms with Crippen molar-refractivity contribution in [3.63, 3.8) is 0 Å². The lowest BCUT2D eigenvalue weighted by Crippen LogP contribution is -2.36. The number of rotatable bonds is 3. The maximum Gasteiger partial charge on any atom is 0.0543 e. The molecule has 82 valence electrons. The maximum atomic E-state index is 9.40. The van der Waals surface area contributed by atoms with Crippen LogP contribution in [0, 0.1) is 5.92 Å². The largest absolute Gasteiger partial charge is 0.393 e. The summed E-state index contributed by atoms with van der Waals surface area (Å²) in [5.41, 5.74) is 0. The van der Waals surface area contributed by atoms with Crippen LogP contribution in [0.15, 0.2) is 0 Å². The molecule has 1 saturated heterocycles. The highest BCUT2D eigenvalue weighted by atomic mass is 32.2. The van der Waals surface area contributed by atoms with E-state index in [1.165, 1.54) is 30.8 Å². The highest BCUT2D eigenvalue weighted by molar-refractivity contribution is 7.99. The van der Waals surface area contributed by atoms with E-state index in [0.717, 1.165) is 31.3 Å². The molecule has 0 aromatic heterocycles. The average molecular weight is 215 g/mol. The van der Waals surface area contributed by atoms with Crippen LogP contribution in [0.5, 0.6) is 0 Å². The van der Waals surface area contributed by atoms with Gasteiger partial charge >= 0.3 is 0 Å². The van der Waals surface area contributed by atoms with Gasteiger partial charge in [-0.2, -0.15) is 11.8 Å². The van der Waals surface area contributed by atoms with Crippen molar-refractivity contribution in [2.45, 2.75) is 44.2 Å². The summed E-state index contributed by atoms with van der Waals surface area (Å²) in [7, 11) is 0. The zero-order valence-corrected chi connectivity index (χ0v) is 9.56. The number of hydrogen-bond donors (Lipinski definition) is 2. The molecule has 1 heterocycles. The normalized spacial score (nSPS) is 38.8. The first-order valence-corrected chi connectivity index (χ1v) is 6.99. The van der Waals surface area contributed by atoms with Crippen LogP contribution in [0.25, 0.3) is 0 Å². The molecule has 3 unspecified atom stereocenters. The summed E-state index contributed by atoms with van der Waals surface area (Å²) in [5.74, 6) is 3.37. The Labute approximate surface area is 90.8 Å². The van der Waals surface area contributed by atoms with E-state index in [1.54, 1.807) is 0 Å². The number of nitrogens with one attached hydrogen (secondary N) is 1. The van der Waals surface area contributed by atoms with E-state index in [1.807, 2.05) is 0 Å². The molecule has 2 N–H and O–H groups in total. The number of aliphatic hydroxyl groups is 1. The van der Waals surface area contributed by atoms with E-state index < -0.39 is 0 Å². The van der Waals surface area contributed by atoms with Crippen molar-refractivity contribution < 1.29 is 5.11 Å². The van der Waals surface area contributed by atoms with Crippen molar-refractivity contribution in [3.05, 3.63) is 0 Å². The van der Waals surface area contributed by atoms with Crippen LogP contribution >= 0.6 is 11.8 Å². The highest BCUT2D eigenvalue weighted by Crippen LogP contribution is 2.25. The van der Waals surface area contributed by atoms with Gasteiger partial charge in [0.15, 0.2) is 0 Å². The topological polar surface area (TPSA) is 32.3 Å². The van der Waals surface area contributed by atoms with Crippen LogP contribution in [0.4, 0.5) is 0 Å². The molecule has 1 saturated carbocycles. The Morgan fingerprint density at radius 3 is 2.86 bits per heavy atom. The Balaban J connectivity index is 1.61. The van der Waals surface area contributed by atoms with E-state index in [4.69, 9.17) is 0 Å². The van der Waals surface area contributed by atoms with Gasteiger partial charge in [0.05, 0.1) is 6.10 Å². The van der Waals surface area contributed by atoms with Crippen LogP contribution < -0.4 is 5.32 Å². The summed E-state index contributed by atoms with van der Waals surface area (Å²) >= 11 is 2.07. The van der Waals surface area contributed by atoms with Crippen LogP contribution in [-0.4, -0.2) is 35.3 Å². The van der Waals surface area contributed by atoms with E-state index in [9.17, 15) is 5.11 Å². The van der Waals surface area contributed by atoms with Crippen LogP contribution in [0.1, 0.15) is 32.1 Å². The van der Waals surface area contributed by atoms with Gasteiger partial charge in [-0.3, -0.25) is 0 Å². The molecule has 2 rings (SSSR count). The lowest BCUT2D eigenvalue weighted by atomic mass is 10.1. The Bertz CT molecular complexity index is 166. The third-order valence-corrected chi connectivity index (χ3v) is 4.58. The summed E-state index contributed by atoms with van der Waals surface area (Å²) in [6, 6.07) is 0.742. The van der Waals surface area contributed by atoms with E-state index in [0.29, 0.717) is 0 Å². The predicted molar refractivity (Wildman–Crippen MR) is 61.7 cm³/mol. The van der Waals surface area contributed by atoms with Crippen molar-refractivity contribution >= 4 is 11.8 Å². The van der Waals surface area contributed by atoms with Gasteiger partial charge in [-0.1, -0.05) is 0 Å². The minimum Gasteiger partial charge on any atom is -0.393 e. The smallest absolute Gasteiger partial charge is 0.0543 e. The fraction of sp³-hybridized carbons (Fsp3) is 1.00. The fourth-order valence-electron chi connectivity index (χ4n) is 2.47. The molecule has 0 aromatic carbocycles. The van der Waals surface area contributed by atoms with Gasteiger partial charge in [-0.05, 0) is 50.3 Å². The molecule has 2 aliphatic rings. The molecule has 14 heavy (non-hydrogen) atoms. The second-order valence-electron chi connectivity index (χ2n) is 4.66. The van der Waals surface area contributed by atoms with Crippen molar-refractivity contribution in [2.24, 2.45) is 5.92 Å². The maximum absolute atomic E-state index is 9.40. The van der Waals surface area contributed by atoms with Gasteiger partial charge in [-0.25, -0.2) is 0 Å². The van der Waals surface area contributed by atoms with Gasteiger partial charge in [0.1, 0.15) is 0 Å². The highest BCUT2D eigenvalue weighted by Gasteiger charge is 2.23. The fourth-order valence-corrected chi connectivity index (χ4v) is 3.58. The third-order valence-electron chi connectivity index (χ3n) is 3.37. The van der Waals surface area contributed by atoms with Gasteiger partial charge in [-0.15, -0.1) is 0 Å². The minimum absolute atomic E-state index is 0.0115. The summed E-state index contributed by atoms with van der Waals surface area (Å²) in [6.07, 6.45) is 5.97. The Morgan fingerprint density at radius 2 is 2.21 bits per heavy atom. The minimum atomic E-state index is -0.0115. The summed E-state index contributed by atoms with van der Waals surface area (Å²) < 4.78 is 0. The molecule has 3 heteroatoms. The molecular weight excluding hydrogens is 194 g/mol. The molecule has 0 aromatic rings. The first-order chi connectivity index (χ1) is 6.84. The second kappa shape index (κ2) is 5.38. The zero-order valence-electron chi connectivity index (χ0n) is 8.74. The van der Waals surface area contributed by atoms with Gasteiger partial charge in [0.25, 0.3) is 0 Å². The quantitative estimate of drug-likeness (QED) is 0.750. The van der Waals surface area contributed by atoms with Crippen LogP contribution in [0.2, 0.25) is 0 Å².